The number of likely N-dealkylation sites (tertiary alicyclic amines) is 1. The molecule has 24 heavy (non-hydrogen) atoms. The van der Waals surface area contributed by atoms with E-state index in [9.17, 15) is 4.79 Å². The summed E-state index contributed by atoms with van der Waals surface area (Å²) in [4.78, 5) is 23.0. The van der Waals surface area contributed by atoms with Crippen molar-refractivity contribution in [3.05, 3.63) is 30.7 Å². The van der Waals surface area contributed by atoms with E-state index in [0.29, 0.717) is 6.42 Å². The molecule has 1 amide bonds. The number of imidazole rings is 1. The van der Waals surface area contributed by atoms with Crippen molar-refractivity contribution in [2.75, 3.05) is 25.0 Å². The molecular formula is C16H18N6OS. The van der Waals surface area contributed by atoms with Gasteiger partial charge in [-0.2, -0.15) is 0 Å². The quantitative estimate of drug-likeness (QED) is 0.696. The van der Waals surface area contributed by atoms with E-state index < -0.39 is 0 Å². The first-order valence-electron chi connectivity index (χ1n) is 8.08. The fourth-order valence-corrected chi connectivity index (χ4v) is 3.64. The van der Waals surface area contributed by atoms with Crippen molar-refractivity contribution in [1.29, 1.82) is 0 Å². The van der Waals surface area contributed by atoms with Crippen LogP contribution in [0, 0.1) is 0 Å². The van der Waals surface area contributed by atoms with Crippen LogP contribution in [0.25, 0.3) is 16.2 Å². The fourth-order valence-electron chi connectivity index (χ4n) is 2.83. The zero-order valence-corrected chi connectivity index (χ0v) is 14.0. The number of rotatable bonds is 6. The average Bonchev–Trinajstić information content (AvgIpc) is 3.27. The molecule has 3 aromatic rings. The van der Waals surface area contributed by atoms with Gasteiger partial charge in [0.1, 0.15) is 0 Å². The molecule has 0 aliphatic carbocycles. The Hall–Kier alpha value is -2.48. The van der Waals surface area contributed by atoms with Crippen LogP contribution >= 0.6 is 11.3 Å². The molecule has 0 saturated carbocycles. The lowest BCUT2D eigenvalue weighted by atomic mass is 10.2. The Labute approximate surface area is 143 Å². The van der Waals surface area contributed by atoms with Crippen LogP contribution in [0.3, 0.4) is 0 Å². The Balaban J connectivity index is 1.34. The Morgan fingerprint density at radius 1 is 1.38 bits per heavy atom. The number of aromatic nitrogens is 4. The van der Waals surface area contributed by atoms with Gasteiger partial charge in [-0.15, -0.1) is 5.10 Å². The molecule has 8 heteroatoms. The van der Waals surface area contributed by atoms with Crippen molar-refractivity contribution < 1.29 is 4.79 Å². The summed E-state index contributed by atoms with van der Waals surface area (Å²) in [5.74, 6) is 0.283. The van der Waals surface area contributed by atoms with Crippen molar-refractivity contribution in [1.82, 2.24) is 24.5 Å². The molecule has 1 aliphatic rings. The molecule has 0 atom stereocenters. The predicted octanol–water partition coefficient (Wildman–Crippen LogP) is 2.28. The Bertz CT molecular complexity index is 811. The molecular weight excluding hydrogens is 324 g/mol. The lowest BCUT2D eigenvalue weighted by Gasteiger charge is -2.14. The molecule has 0 bridgehead atoms. The number of hydrogen-bond acceptors (Lipinski definition) is 6. The summed E-state index contributed by atoms with van der Waals surface area (Å²) in [6, 6.07) is 3.88. The third kappa shape index (κ3) is 3.09. The monoisotopic (exact) mass is 342 g/mol. The lowest BCUT2D eigenvalue weighted by molar-refractivity contribution is -0.127. The smallest absolute Gasteiger partial charge is 0.222 e. The van der Waals surface area contributed by atoms with Crippen molar-refractivity contribution in [2.45, 2.75) is 19.3 Å². The van der Waals surface area contributed by atoms with Gasteiger partial charge in [-0.1, -0.05) is 11.3 Å². The summed E-state index contributed by atoms with van der Waals surface area (Å²) in [5, 5.41) is 8.67. The van der Waals surface area contributed by atoms with Gasteiger partial charge in [-0.3, -0.25) is 9.78 Å². The summed E-state index contributed by atoms with van der Waals surface area (Å²) in [6.07, 6.45) is 8.08. The van der Waals surface area contributed by atoms with E-state index in [2.05, 4.69) is 20.4 Å². The highest BCUT2D eigenvalue weighted by molar-refractivity contribution is 7.20. The summed E-state index contributed by atoms with van der Waals surface area (Å²) >= 11 is 1.52. The molecule has 124 valence electrons. The number of hydrogen-bond donors (Lipinski definition) is 1. The van der Waals surface area contributed by atoms with Gasteiger partial charge >= 0.3 is 0 Å². The Morgan fingerprint density at radius 2 is 2.33 bits per heavy atom. The molecule has 1 fully saturated rings. The first kappa shape index (κ1) is 15.1. The van der Waals surface area contributed by atoms with Gasteiger partial charge in [0.25, 0.3) is 0 Å². The maximum absolute atomic E-state index is 11.5. The van der Waals surface area contributed by atoms with E-state index in [1.54, 1.807) is 16.9 Å². The van der Waals surface area contributed by atoms with E-state index in [0.717, 1.165) is 53.8 Å². The number of nitrogens with one attached hydrogen (secondary N) is 1. The molecule has 7 nitrogen and oxygen atoms in total. The second kappa shape index (κ2) is 6.56. The first-order chi connectivity index (χ1) is 11.8. The number of carbonyl (C=O) groups is 1. The van der Waals surface area contributed by atoms with E-state index in [4.69, 9.17) is 0 Å². The molecule has 3 aromatic heterocycles. The Kier molecular flexibility index (Phi) is 4.12. The van der Waals surface area contributed by atoms with Crippen molar-refractivity contribution in [3.8, 4) is 11.3 Å². The van der Waals surface area contributed by atoms with Gasteiger partial charge in [0.2, 0.25) is 16.0 Å². The third-order valence-corrected chi connectivity index (χ3v) is 4.93. The number of pyridine rings is 1. The maximum Gasteiger partial charge on any atom is 0.222 e. The lowest BCUT2D eigenvalue weighted by Crippen LogP contribution is -2.26. The zero-order valence-electron chi connectivity index (χ0n) is 13.2. The van der Waals surface area contributed by atoms with E-state index in [-0.39, 0.29) is 5.91 Å². The number of carbonyl (C=O) groups excluding carboxylic acids is 1. The average molecular weight is 342 g/mol. The van der Waals surface area contributed by atoms with Crippen LogP contribution in [0.2, 0.25) is 0 Å². The zero-order chi connectivity index (χ0) is 16.4. The molecule has 1 N–H and O–H groups in total. The minimum Gasteiger partial charge on any atom is -0.360 e. The van der Waals surface area contributed by atoms with E-state index in [1.807, 2.05) is 23.2 Å². The van der Waals surface area contributed by atoms with Crippen molar-refractivity contribution in [3.63, 3.8) is 0 Å². The molecule has 0 unspecified atom stereocenters. The predicted molar refractivity (Wildman–Crippen MR) is 93.0 cm³/mol. The second-order valence-corrected chi connectivity index (χ2v) is 6.72. The van der Waals surface area contributed by atoms with Gasteiger partial charge in [-0.05, 0) is 25.0 Å². The normalized spacial score (nSPS) is 14.7. The van der Waals surface area contributed by atoms with Crippen LogP contribution in [-0.4, -0.2) is 50.0 Å². The first-order valence-corrected chi connectivity index (χ1v) is 8.89. The fraction of sp³-hybridized carbons (Fsp3) is 0.375. The van der Waals surface area contributed by atoms with Crippen LogP contribution in [0.5, 0.6) is 0 Å². The minimum atomic E-state index is 0.283. The highest BCUT2D eigenvalue weighted by Crippen LogP contribution is 2.23. The van der Waals surface area contributed by atoms with Crippen LogP contribution in [0.15, 0.2) is 30.7 Å². The minimum absolute atomic E-state index is 0.283. The van der Waals surface area contributed by atoms with Gasteiger partial charge in [0, 0.05) is 44.0 Å². The maximum atomic E-state index is 11.5. The van der Waals surface area contributed by atoms with Crippen LogP contribution < -0.4 is 5.32 Å². The molecule has 1 saturated heterocycles. The molecule has 4 rings (SSSR count). The van der Waals surface area contributed by atoms with E-state index in [1.165, 1.54) is 11.3 Å². The van der Waals surface area contributed by atoms with Gasteiger partial charge in [-0.25, -0.2) is 9.50 Å². The summed E-state index contributed by atoms with van der Waals surface area (Å²) in [7, 11) is 0. The van der Waals surface area contributed by atoms with Gasteiger partial charge < -0.3 is 10.2 Å². The standard InChI is InChI=1S/C16H18N6OS/c23-14-5-2-8-21(14)9-3-7-18-15-20-22-11-13(19-16(22)24-15)12-4-1-6-17-10-12/h1,4,6,10-11H,2-3,5,7-9H2,(H,18,20). The highest BCUT2D eigenvalue weighted by Gasteiger charge is 2.19. The molecule has 0 aromatic carbocycles. The molecule has 1 aliphatic heterocycles. The number of fused-ring (bicyclic) bond motifs is 1. The van der Waals surface area contributed by atoms with Crippen LogP contribution in [-0.2, 0) is 4.79 Å². The molecule has 4 heterocycles. The summed E-state index contributed by atoms with van der Waals surface area (Å²) < 4.78 is 1.79. The third-order valence-electron chi connectivity index (χ3n) is 4.05. The van der Waals surface area contributed by atoms with Crippen LogP contribution in [0.4, 0.5) is 5.13 Å². The second-order valence-electron chi connectivity index (χ2n) is 5.77. The van der Waals surface area contributed by atoms with Crippen molar-refractivity contribution in [2.24, 2.45) is 0 Å². The van der Waals surface area contributed by atoms with Crippen molar-refractivity contribution >= 4 is 27.3 Å². The number of amides is 1. The molecule has 0 radical (unpaired) electrons. The topological polar surface area (TPSA) is 75.4 Å². The SMILES string of the molecule is O=C1CCCN1CCCNc1nn2cc(-c3cccnc3)nc2s1. The number of nitrogens with zero attached hydrogens (tertiary/aromatic N) is 5. The van der Waals surface area contributed by atoms with Crippen LogP contribution in [0.1, 0.15) is 19.3 Å². The summed E-state index contributed by atoms with van der Waals surface area (Å²) in [5.41, 5.74) is 1.86. The van der Waals surface area contributed by atoms with E-state index >= 15 is 0 Å². The number of anilines is 1. The largest absolute Gasteiger partial charge is 0.360 e. The molecule has 0 spiro atoms. The summed E-state index contributed by atoms with van der Waals surface area (Å²) in [6.45, 7) is 2.52. The Morgan fingerprint density at radius 3 is 3.08 bits per heavy atom. The highest BCUT2D eigenvalue weighted by atomic mass is 32.1. The van der Waals surface area contributed by atoms with Gasteiger partial charge in [0.05, 0.1) is 11.9 Å². The van der Waals surface area contributed by atoms with Gasteiger partial charge in [0.15, 0.2) is 0 Å².